The number of phenolic OH excluding ortho intramolecular Hbond substituents is 1. The number of hydrogen-bond acceptors (Lipinski definition) is 3. The number of aromatic nitrogens is 2. The second-order valence-corrected chi connectivity index (χ2v) is 6.40. The smallest absolute Gasteiger partial charge is 0.432 e. The third kappa shape index (κ3) is 4.33. The Morgan fingerprint density at radius 3 is 2.62 bits per heavy atom. The molecule has 26 heavy (non-hydrogen) atoms. The van der Waals surface area contributed by atoms with Crippen molar-refractivity contribution in [1.29, 1.82) is 0 Å². The van der Waals surface area contributed by atoms with Crippen molar-refractivity contribution in [1.82, 2.24) is 15.1 Å². The molecule has 9 heteroatoms. The lowest BCUT2D eigenvalue weighted by Crippen LogP contribution is -2.32. The maximum Gasteiger partial charge on any atom is 0.432 e. The molecular weight excluding hydrogens is 354 g/mol. The molecular formula is C17H17F4N3O2. The molecule has 0 saturated heterocycles. The van der Waals surface area contributed by atoms with Crippen molar-refractivity contribution in [2.75, 3.05) is 6.54 Å². The largest absolute Gasteiger partial charge is 0.508 e. The summed E-state index contributed by atoms with van der Waals surface area (Å²) in [6, 6.07) is 4.21. The van der Waals surface area contributed by atoms with Gasteiger partial charge in [0.15, 0.2) is 5.69 Å². The molecule has 2 aromatic rings. The number of amides is 1. The van der Waals surface area contributed by atoms with Crippen molar-refractivity contribution in [3.8, 4) is 5.75 Å². The Morgan fingerprint density at radius 1 is 1.31 bits per heavy atom. The number of nitrogens with one attached hydrogen (secondary N) is 1. The van der Waals surface area contributed by atoms with Gasteiger partial charge in [0.2, 0.25) is 0 Å². The van der Waals surface area contributed by atoms with Crippen LogP contribution >= 0.6 is 0 Å². The average molecular weight is 371 g/mol. The summed E-state index contributed by atoms with van der Waals surface area (Å²) in [5, 5.41) is 14.5. The molecule has 1 aliphatic rings. The third-order valence-electron chi connectivity index (χ3n) is 4.29. The molecule has 0 spiro atoms. The first-order valence-corrected chi connectivity index (χ1v) is 8.13. The Hall–Kier alpha value is -2.58. The Kier molecular flexibility index (Phi) is 4.88. The van der Waals surface area contributed by atoms with Crippen LogP contribution in [-0.2, 0) is 12.7 Å². The van der Waals surface area contributed by atoms with E-state index in [9.17, 15) is 27.5 Å². The van der Waals surface area contributed by atoms with Gasteiger partial charge >= 0.3 is 6.18 Å². The van der Waals surface area contributed by atoms with Gasteiger partial charge in [-0.25, -0.2) is 4.39 Å². The van der Waals surface area contributed by atoms with Gasteiger partial charge in [-0.3, -0.25) is 9.89 Å². The van der Waals surface area contributed by atoms with Gasteiger partial charge in [-0.1, -0.05) is 18.9 Å². The van der Waals surface area contributed by atoms with E-state index in [1.165, 1.54) is 17.0 Å². The first-order valence-electron chi connectivity index (χ1n) is 8.13. The Labute approximate surface area is 146 Å². The molecule has 5 nitrogen and oxygen atoms in total. The SMILES string of the molecule is O=C(c1cc(C(F)(F)F)[nH]n1)N(CCC1CC1)Cc1ccc(O)cc1F. The molecule has 1 heterocycles. The zero-order valence-electron chi connectivity index (χ0n) is 13.7. The fraction of sp³-hybridized carbons (Fsp3) is 0.412. The van der Waals surface area contributed by atoms with Crippen LogP contribution in [0.15, 0.2) is 24.3 Å². The van der Waals surface area contributed by atoms with Gasteiger partial charge in [0.25, 0.3) is 5.91 Å². The molecule has 3 rings (SSSR count). The molecule has 1 aliphatic carbocycles. The number of nitrogens with zero attached hydrogens (tertiary/aromatic N) is 2. The zero-order chi connectivity index (χ0) is 18.9. The molecule has 0 unspecified atom stereocenters. The van der Waals surface area contributed by atoms with Crippen molar-refractivity contribution in [2.45, 2.75) is 32.0 Å². The third-order valence-corrected chi connectivity index (χ3v) is 4.29. The topological polar surface area (TPSA) is 69.2 Å². The van der Waals surface area contributed by atoms with Gasteiger partial charge in [-0.15, -0.1) is 0 Å². The molecule has 0 atom stereocenters. The van der Waals surface area contributed by atoms with Crippen molar-refractivity contribution >= 4 is 5.91 Å². The first kappa shape index (κ1) is 18.2. The summed E-state index contributed by atoms with van der Waals surface area (Å²) >= 11 is 0. The van der Waals surface area contributed by atoms with Gasteiger partial charge in [0, 0.05) is 30.8 Å². The van der Waals surface area contributed by atoms with Crippen molar-refractivity contribution in [3.05, 3.63) is 47.0 Å². The molecule has 0 radical (unpaired) electrons. The average Bonchev–Trinajstić information content (AvgIpc) is 3.24. The van der Waals surface area contributed by atoms with E-state index in [1.807, 2.05) is 5.10 Å². The molecule has 2 N–H and O–H groups in total. The number of aromatic hydroxyl groups is 1. The van der Waals surface area contributed by atoms with E-state index in [0.717, 1.165) is 18.9 Å². The van der Waals surface area contributed by atoms with Crippen LogP contribution in [0.5, 0.6) is 5.75 Å². The summed E-state index contributed by atoms with van der Waals surface area (Å²) in [6.45, 7) is 0.171. The van der Waals surface area contributed by atoms with Crippen LogP contribution in [0, 0.1) is 11.7 Å². The number of hydrogen-bond donors (Lipinski definition) is 2. The maximum absolute atomic E-state index is 14.0. The van der Waals surface area contributed by atoms with E-state index in [2.05, 4.69) is 5.10 Å². The van der Waals surface area contributed by atoms with E-state index in [-0.39, 0.29) is 30.1 Å². The summed E-state index contributed by atoms with van der Waals surface area (Å²) in [4.78, 5) is 13.9. The number of phenols is 1. The lowest BCUT2D eigenvalue weighted by atomic mass is 10.1. The van der Waals surface area contributed by atoms with Crippen LogP contribution in [0.4, 0.5) is 17.6 Å². The highest BCUT2D eigenvalue weighted by Crippen LogP contribution is 2.33. The summed E-state index contributed by atoms with van der Waals surface area (Å²) in [5.74, 6) is -1.15. The minimum atomic E-state index is -4.63. The van der Waals surface area contributed by atoms with Gasteiger partial charge in [0.05, 0.1) is 0 Å². The second-order valence-electron chi connectivity index (χ2n) is 6.40. The minimum absolute atomic E-state index is 0.119. The fourth-order valence-corrected chi connectivity index (χ4v) is 2.61. The Bertz CT molecular complexity index is 800. The molecule has 1 aromatic carbocycles. The van der Waals surface area contributed by atoms with Gasteiger partial charge < -0.3 is 10.0 Å². The molecule has 1 fully saturated rings. The second kappa shape index (κ2) is 6.97. The van der Waals surface area contributed by atoms with Crippen LogP contribution in [0.1, 0.15) is 41.0 Å². The van der Waals surface area contributed by atoms with Gasteiger partial charge in [-0.2, -0.15) is 18.3 Å². The standard InChI is InChI=1S/C17H17F4N3O2/c18-13-7-12(25)4-3-11(13)9-24(6-5-10-1-2-10)16(26)14-8-15(23-22-14)17(19,20)21/h3-4,7-8,10,25H,1-2,5-6,9H2,(H,22,23). The predicted octanol–water partition coefficient (Wildman–Crippen LogP) is 3.72. The number of carbonyl (C=O) groups excluding carboxylic acids is 1. The van der Waals surface area contributed by atoms with E-state index in [4.69, 9.17) is 0 Å². The summed E-state index contributed by atoms with van der Waals surface area (Å²) < 4.78 is 52.1. The first-order chi connectivity index (χ1) is 12.2. The summed E-state index contributed by atoms with van der Waals surface area (Å²) in [7, 11) is 0. The normalized spacial score (nSPS) is 14.5. The molecule has 1 saturated carbocycles. The number of halogens is 4. The van der Waals surface area contributed by atoms with Crippen LogP contribution < -0.4 is 0 Å². The molecule has 140 valence electrons. The Morgan fingerprint density at radius 2 is 2.04 bits per heavy atom. The van der Waals surface area contributed by atoms with Gasteiger partial charge in [0.1, 0.15) is 17.3 Å². The fourth-order valence-electron chi connectivity index (χ4n) is 2.61. The van der Waals surface area contributed by atoms with Crippen LogP contribution in [0.2, 0.25) is 0 Å². The molecule has 0 bridgehead atoms. The highest BCUT2D eigenvalue weighted by molar-refractivity contribution is 5.92. The quantitative estimate of drug-likeness (QED) is 0.761. The molecule has 0 aliphatic heterocycles. The highest BCUT2D eigenvalue weighted by Gasteiger charge is 2.34. The van der Waals surface area contributed by atoms with Crippen LogP contribution in [0.25, 0.3) is 0 Å². The number of rotatable bonds is 6. The molecule has 1 aromatic heterocycles. The lowest BCUT2D eigenvalue weighted by Gasteiger charge is -2.22. The zero-order valence-corrected chi connectivity index (χ0v) is 13.7. The van der Waals surface area contributed by atoms with Crippen molar-refractivity contribution < 1.29 is 27.5 Å². The van der Waals surface area contributed by atoms with Gasteiger partial charge in [-0.05, 0) is 18.4 Å². The van der Waals surface area contributed by atoms with E-state index >= 15 is 0 Å². The van der Waals surface area contributed by atoms with Crippen molar-refractivity contribution in [2.24, 2.45) is 5.92 Å². The van der Waals surface area contributed by atoms with E-state index in [0.29, 0.717) is 18.4 Å². The Balaban J connectivity index is 1.80. The summed E-state index contributed by atoms with van der Waals surface area (Å²) in [6.07, 6.45) is -1.83. The molecule has 1 amide bonds. The van der Waals surface area contributed by atoms with E-state index < -0.39 is 23.6 Å². The number of benzene rings is 1. The van der Waals surface area contributed by atoms with Crippen LogP contribution in [0.3, 0.4) is 0 Å². The van der Waals surface area contributed by atoms with E-state index in [1.54, 1.807) is 0 Å². The number of alkyl halides is 3. The van der Waals surface area contributed by atoms with Crippen molar-refractivity contribution in [3.63, 3.8) is 0 Å². The lowest BCUT2D eigenvalue weighted by molar-refractivity contribution is -0.141. The number of aromatic amines is 1. The van der Waals surface area contributed by atoms with Crippen LogP contribution in [-0.4, -0.2) is 32.7 Å². The summed E-state index contributed by atoms with van der Waals surface area (Å²) in [5.41, 5.74) is -1.32. The highest BCUT2D eigenvalue weighted by atomic mass is 19.4. The minimum Gasteiger partial charge on any atom is -0.508 e. The predicted molar refractivity (Wildman–Crippen MR) is 83.7 cm³/mol. The maximum atomic E-state index is 14.0. The number of carbonyl (C=O) groups is 1. The number of H-pyrrole nitrogens is 1. The monoisotopic (exact) mass is 371 g/mol.